The molecule has 1 saturated heterocycles. The Hall–Kier alpha value is -4.07. The molecular formula is C27H28F4N8O2. The summed E-state index contributed by atoms with van der Waals surface area (Å²) in [7, 11) is 0. The van der Waals surface area contributed by atoms with Crippen LogP contribution in [0.1, 0.15) is 54.6 Å². The van der Waals surface area contributed by atoms with Crippen molar-refractivity contribution in [2.24, 2.45) is 5.92 Å². The highest BCUT2D eigenvalue weighted by Crippen LogP contribution is 2.46. The van der Waals surface area contributed by atoms with Crippen molar-refractivity contribution in [1.82, 2.24) is 29.8 Å². The first-order valence-corrected chi connectivity index (χ1v) is 13.3. The van der Waals surface area contributed by atoms with E-state index < -0.39 is 35.5 Å². The molecule has 10 nitrogen and oxygen atoms in total. The van der Waals surface area contributed by atoms with Crippen molar-refractivity contribution in [3.05, 3.63) is 53.6 Å². The lowest BCUT2D eigenvalue weighted by molar-refractivity contribution is -0.203. The Labute approximate surface area is 231 Å². The molecular weight excluding hydrogens is 544 g/mol. The van der Waals surface area contributed by atoms with E-state index in [-0.39, 0.29) is 24.2 Å². The van der Waals surface area contributed by atoms with Crippen molar-refractivity contribution < 1.29 is 27.5 Å². The van der Waals surface area contributed by atoms with Crippen molar-refractivity contribution in [3.8, 4) is 11.4 Å². The van der Waals surface area contributed by atoms with Gasteiger partial charge in [-0.15, -0.1) is 10.2 Å². The molecule has 4 heterocycles. The number of nitrogens with one attached hydrogen (secondary N) is 1. The number of tetrazole rings is 1. The molecule has 41 heavy (non-hydrogen) atoms. The maximum Gasteiger partial charge on any atom is 0.391 e. The van der Waals surface area contributed by atoms with Crippen molar-refractivity contribution >= 4 is 22.8 Å². The zero-order chi connectivity index (χ0) is 29.1. The van der Waals surface area contributed by atoms with Gasteiger partial charge in [-0.3, -0.25) is 4.79 Å². The Bertz CT molecular complexity index is 1610. The number of rotatable bonds is 5. The fraction of sp³-hybridized carbons (Fsp3) is 0.444. The lowest BCUT2D eigenvalue weighted by atomic mass is 9.80. The molecule has 0 radical (unpaired) electrons. The molecule has 2 aliphatic rings. The second-order valence-electron chi connectivity index (χ2n) is 11.2. The number of aryl methyl sites for hydroxylation is 1. The molecule has 6 rings (SSSR count). The van der Waals surface area contributed by atoms with Gasteiger partial charge >= 0.3 is 6.18 Å². The minimum absolute atomic E-state index is 0.0352. The molecule has 1 amide bonds. The number of aromatic nitrogens is 6. The summed E-state index contributed by atoms with van der Waals surface area (Å²) in [5, 5.41) is 29.2. The van der Waals surface area contributed by atoms with E-state index in [1.807, 2.05) is 19.1 Å². The summed E-state index contributed by atoms with van der Waals surface area (Å²) in [5.41, 5.74) is 1.85. The molecule has 3 aromatic heterocycles. The number of amides is 1. The van der Waals surface area contributed by atoms with Gasteiger partial charge in [0.05, 0.1) is 40.4 Å². The normalized spacial score (nSPS) is 20.7. The topological polar surface area (TPSA) is 113 Å². The van der Waals surface area contributed by atoms with Crippen LogP contribution in [0.25, 0.3) is 16.9 Å². The fourth-order valence-electron chi connectivity index (χ4n) is 5.29. The third kappa shape index (κ3) is 5.23. The van der Waals surface area contributed by atoms with Gasteiger partial charge in [0.25, 0.3) is 5.91 Å². The molecule has 0 spiro atoms. The molecule has 1 aliphatic heterocycles. The van der Waals surface area contributed by atoms with Gasteiger partial charge in [0.1, 0.15) is 5.82 Å². The zero-order valence-corrected chi connectivity index (χ0v) is 22.4. The van der Waals surface area contributed by atoms with Crippen LogP contribution in [0.4, 0.5) is 28.9 Å². The molecule has 1 saturated carbocycles. The predicted molar refractivity (Wildman–Crippen MR) is 141 cm³/mol. The number of fused-ring (bicyclic) bond motifs is 1. The number of nitrogens with zero attached hydrogens (tertiary/aromatic N) is 7. The molecule has 2 N–H and O–H groups in total. The quantitative estimate of drug-likeness (QED) is 0.337. The number of carbonyl (C=O) groups excluding carboxylic acids is 1. The van der Waals surface area contributed by atoms with Crippen LogP contribution < -0.4 is 10.2 Å². The molecule has 4 aromatic rings. The SMILES string of the molecule is Cc1cc(F)c(-c2nnn(C3CC(C(F)(F)F)C3)n2)cc1NC(=O)c1cnn2ccc(N3CCC(C)(O)CC3)cc12. The average Bonchev–Trinajstić information content (AvgIpc) is 3.51. The Morgan fingerprint density at radius 3 is 2.61 bits per heavy atom. The molecule has 14 heteroatoms. The van der Waals surface area contributed by atoms with Crippen molar-refractivity contribution in [2.75, 3.05) is 23.3 Å². The lowest BCUT2D eigenvalue weighted by Crippen LogP contribution is -2.42. The van der Waals surface area contributed by atoms with Gasteiger partial charge in [0.2, 0.25) is 5.82 Å². The molecule has 1 aliphatic carbocycles. The van der Waals surface area contributed by atoms with Crippen LogP contribution in [0.3, 0.4) is 0 Å². The van der Waals surface area contributed by atoms with Crippen LogP contribution in [-0.4, -0.2) is 65.7 Å². The van der Waals surface area contributed by atoms with E-state index in [1.165, 1.54) is 18.3 Å². The summed E-state index contributed by atoms with van der Waals surface area (Å²) in [6.07, 6.45) is -0.0938. The van der Waals surface area contributed by atoms with E-state index in [2.05, 4.69) is 30.7 Å². The summed E-state index contributed by atoms with van der Waals surface area (Å²) < 4.78 is 55.1. The van der Waals surface area contributed by atoms with E-state index in [0.717, 1.165) is 10.5 Å². The Kier molecular flexibility index (Phi) is 6.47. The highest BCUT2D eigenvalue weighted by Gasteiger charge is 2.49. The second kappa shape index (κ2) is 9.79. The second-order valence-corrected chi connectivity index (χ2v) is 11.2. The lowest BCUT2D eigenvalue weighted by Gasteiger charge is -2.37. The van der Waals surface area contributed by atoms with Crippen LogP contribution >= 0.6 is 0 Å². The standard InChI is InChI=1S/C27H28F4N8O2/c1-15-9-21(28)19(24-34-36-39(35-24)18-10-16(11-18)27(29,30)31)13-22(15)33-25(40)20-14-32-38-6-3-17(12-23(20)38)37-7-4-26(2,41)5-8-37/h3,6,9,12-14,16,18,41H,4-5,7-8,10-11H2,1-2H3,(H,33,40). The Morgan fingerprint density at radius 1 is 1.17 bits per heavy atom. The van der Waals surface area contributed by atoms with Gasteiger partial charge < -0.3 is 15.3 Å². The third-order valence-corrected chi connectivity index (χ3v) is 8.09. The average molecular weight is 573 g/mol. The number of piperidine rings is 1. The van der Waals surface area contributed by atoms with Crippen LogP contribution in [0.15, 0.2) is 36.7 Å². The number of pyridine rings is 1. The maximum absolute atomic E-state index is 14.9. The van der Waals surface area contributed by atoms with E-state index in [4.69, 9.17) is 0 Å². The molecule has 0 atom stereocenters. The van der Waals surface area contributed by atoms with Gasteiger partial charge in [-0.25, -0.2) is 8.91 Å². The number of halogens is 4. The number of aliphatic hydroxyl groups is 1. The molecule has 2 fully saturated rings. The first-order valence-electron chi connectivity index (χ1n) is 13.3. The van der Waals surface area contributed by atoms with Crippen molar-refractivity contribution in [3.63, 3.8) is 0 Å². The van der Waals surface area contributed by atoms with Crippen LogP contribution in [-0.2, 0) is 0 Å². The van der Waals surface area contributed by atoms with Gasteiger partial charge in [0, 0.05) is 30.7 Å². The van der Waals surface area contributed by atoms with Gasteiger partial charge in [-0.05, 0) is 74.6 Å². The fourth-order valence-corrected chi connectivity index (χ4v) is 5.29. The van der Waals surface area contributed by atoms with E-state index in [1.54, 1.807) is 17.6 Å². The van der Waals surface area contributed by atoms with Crippen LogP contribution in [0, 0.1) is 18.7 Å². The minimum Gasteiger partial charge on any atom is -0.390 e. The zero-order valence-electron chi connectivity index (χ0n) is 22.4. The highest BCUT2D eigenvalue weighted by atomic mass is 19.4. The van der Waals surface area contributed by atoms with E-state index in [9.17, 15) is 27.5 Å². The summed E-state index contributed by atoms with van der Waals surface area (Å²) in [5.74, 6) is -2.60. The molecule has 1 aromatic carbocycles. The summed E-state index contributed by atoms with van der Waals surface area (Å²) in [4.78, 5) is 16.6. The summed E-state index contributed by atoms with van der Waals surface area (Å²) in [6.45, 7) is 4.82. The highest BCUT2D eigenvalue weighted by molar-refractivity contribution is 6.09. The van der Waals surface area contributed by atoms with Crippen molar-refractivity contribution in [2.45, 2.75) is 57.3 Å². The summed E-state index contributed by atoms with van der Waals surface area (Å²) >= 11 is 0. The number of anilines is 2. The number of carbonyl (C=O) groups is 1. The van der Waals surface area contributed by atoms with Crippen molar-refractivity contribution in [1.29, 1.82) is 0 Å². The van der Waals surface area contributed by atoms with Gasteiger partial charge in [0.15, 0.2) is 0 Å². The Balaban J connectivity index is 1.21. The molecule has 216 valence electrons. The van der Waals surface area contributed by atoms with Gasteiger partial charge in [-0.2, -0.15) is 23.1 Å². The smallest absolute Gasteiger partial charge is 0.390 e. The molecule has 0 unspecified atom stereocenters. The number of alkyl halides is 3. The van der Waals surface area contributed by atoms with Crippen LogP contribution in [0.5, 0.6) is 0 Å². The third-order valence-electron chi connectivity index (χ3n) is 8.09. The Morgan fingerprint density at radius 2 is 1.90 bits per heavy atom. The monoisotopic (exact) mass is 572 g/mol. The van der Waals surface area contributed by atoms with Gasteiger partial charge in [-0.1, -0.05) is 0 Å². The number of hydrogen-bond acceptors (Lipinski definition) is 7. The predicted octanol–water partition coefficient (Wildman–Crippen LogP) is 4.55. The minimum atomic E-state index is -4.27. The van der Waals surface area contributed by atoms with E-state index >= 15 is 0 Å². The largest absolute Gasteiger partial charge is 0.391 e. The van der Waals surface area contributed by atoms with E-state index in [0.29, 0.717) is 48.3 Å². The first kappa shape index (κ1) is 27.1. The molecule has 0 bridgehead atoms. The summed E-state index contributed by atoms with van der Waals surface area (Å²) in [6, 6.07) is 5.84. The first-order chi connectivity index (χ1) is 19.4. The number of benzene rings is 1. The van der Waals surface area contributed by atoms with Crippen LogP contribution in [0.2, 0.25) is 0 Å². The number of hydrogen-bond donors (Lipinski definition) is 2. The maximum atomic E-state index is 14.9.